The van der Waals surface area contributed by atoms with E-state index in [9.17, 15) is 19.7 Å². The number of hydrogen-bond acceptors (Lipinski definition) is 4. The number of allylic oxidation sites excluding steroid dienone is 3. The highest BCUT2D eigenvalue weighted by atomic mass is 16.6. The van der Waals surface area contributed by atoms with Crippen molar-refractivity contribution in [2.24, 2.45) is 23.7 Å². The third-order valence-electron chi connectivity index (χ3n) is 7.15. The number of nitro groups is 1. The molecule has 34 heavy (non-hydrogen) atoms. The third kappa shape index (κ3) is 2.81. The second-order valence-corrected chi connectivity index (χ2v) is 8.81. The molecule has 1 heterocycles. The number of para-hydroxylation sites is 2. The molecule has 4 atom stereocenters. The van der Waals surface area contributed by atoms with E-state index in [4.69, 9.17) is 0 Å². The molecule has 3 aromatic carbocycles. The summed E-state index contributed by atoms with van der Waals surface area (Å²) in [5.41, 5.74) is 4.02. The van der Waals surface area contributed by atoms with Crippen LogP contribution in [0.4, 0.5) is 11.4 Å². The van der Waals surface area contributed by atoms with Crippen LogP contribution >= 0.6 is 0 Å². The lowest BCUT2D eigenvalue weighted by atomic mass is 9.85. The van der Waals surface area contributed by atoms with Gasteiger partial charge in [-0.1, -0.05) is 84.9 Å². The van der Waals surface area contributed by atoms with Gasteiger partial charge in [-0.25, -0.2) is 4.90 Å². The predicted molar refractivity (Wildman–Crippen MR) is 128 cm³/mol. The van der Waals surface area contributed by atoms with Crippen LogP contribution < -0.4 is 4.90 Å². The van der Waals surface area contributed by atoms with E-state index in [1.54, 1.807) is 6.07 Å². The fourth-order valence-electron chi connectivity index (χ4n) is 5.85. The molecular weight excluding hydrogens is 428 g/mol. The monoisotopic (exact) mass is 448 g/mol. The van der Waals surface area contributed by atoms with E-state index < -0.39 is 16.8 Å². The first kappa shape index (κ1) is 20.3. The summed E-state index contributed by atoms with van der Waals surface area (Å²) in [7, 11) is 0. The molecule has 0 aromatic heterocycles. The Kier molecular flexibility index (Phi) is 4.55. The van der Waals surface area contributed by atoms with E-state index in [0.29, 0.717) is 0 Å². The number of rotatable bonds is 4. The van der Waals surface area contributed by atoms with Gasteiger partial charge in [0.2, 0.25) is 11.8 Å². The fourth-order valence-corrected chi connectivity index (χ4v) is 5.85. The van der Waals surface area contributed by atoms with Crippen LogP contribution in [0.1, 0.15) is 11.1 Å². The normalized spacial score (nSPS) is 24.6. The molecule has 0 N–H and O–H groups in total. The lowest BCUT2D eigenvalue weighted by Gasteiger charge is -2.21. The van der Waals surface area contributed by atoms with Gasteiger partial charge in [-0.15, -0.1) is 0 Å². The summed E-state index contributed by atoms with van der Waals surface area (Å²) < 4.78 is 0. The molecule has 6 heteroatoms. The molecule has 2 aliphatic carbocycles. The standard InChI is InChI=1S/C28H20N2O4/c31-27-25-19-15-16-20(26(25)28(32)29(27)21-13-7-8-14-22(21)30(33)34)24(19)23(17-9-3-1-4-10-17)18-11-5-2-6-12-18/h1-16,19-20,25-26H/t19-,20-,25-,26+/m0/s1. The first-order valence-electron chi connectivity index (χ1n) is 11.2. The summed E-state index contributed by atoms with van der Waals surface area (Å²) in [6.45, 7) is 0. The van der Waals surface area contributed by atoms with Crippen molar-refractivity contribution in [2.45, 2.75) is 0 Å². The third-order valence-corrected chi connectivity index (χ3v) is 7.15. The molecule has 1 aliphatic heterocycles. The van der Waals surface area contributed by atoms with Gasteiger partial charge in [-0.2, -0.15) is 0 Å². The Balaban J connectivity index is 1.49. The molecular formula is C28H20N2O4. The minimum Gasteiger partial charge on any atom is -0.274 e. The molecule has 0 unspecified atom stereocenters. The summed E-state index contributed by atoms with van der Waals surface area (Å²) in [6, 6.07) is 26.0. The van der Waals surface area contributed by atoms with Gasteiger partial charge in [-0.3, -0.25) is 19.7 Å². The Bertz CT molecular complexity index is 1320. The molecule has 2 fully saturated rings. The van der Waals surface area contributed by atoms with Crippen LogP contribution in [0.2, 0.25) is 0 Å². The molecule has 2 amide bonds. The number of nitro benzene ring substituents is 1. The van der Waals surface area contributed by atoms with Crippen molar-refractivity contribution < 1.29 is 14.5 Å². The maximum atomic E-state index is 13.6. The quantitative estimate of drug-likeness (QED) is 0.243. The molecule has 1 saturated carbocycles. The lowest BCUT2D eigenvalue weighted by molar-refractivity contribution is -0.384. The van der Waals surface area contributed by atoms with Crippen molar-refractivity contribution in [1.82, 2.24) is 0 Å². The van der Waals surface area contributed by atoms with Crippen molar-refractivity contribution in [3.63, 3.8) is 0 Å². The number of hydrogen-bond donors (Lipinski definition) is 0. The van der Waals surface area contributed by atoms with Gasteiger partial charge in [0.25, 0.3) is 5.69 Å². The van der Waals surface area contributed by atoms with E-state index in [1.165, 1.54) is 18.2 Å². The second kappa shape index (κ2) is 7.63. The van der Waals surface area contributed by atoms with Gasteiger partial charge in [0.1, 0.15) is 5.69 Å². The van der Waals surface area contributed by atoms with Crippen LogP contribution in [0, 0.1) is 33.8 Å². The minimum atomic E-state index is -0.556. The van der Waals surface area contributed by atoms with Crippen molar-refractivity contribution in [2.75, 3.05) is 4.90 Å². The second-order valence-electron chi connectivity index (χ2n) is 8.81. The molecule has 6 nitrogen and oxygen atoms in total. The molecule has 0 spiro atoms. The Labute approximate surface area is 196 Å². The summed E-state index contributed by atoms with van der Waals surface area (Å²) in [6.07, 6.45) is 4.06. The van der Waals surface area contributed by atoms with Gasteiger partial charge in [0.15, 0.2) is 0 Å². The van der Waals surface area contributed by atoms with E-state index in [2.05, 4.69) is 0 Å². The highest BCUT2D eigenvalue weighted by Crippen LogP contribution is 2.59. The van der Waals surface area contributed by atoms with Crippen molar-refractivity contribution in [3.8, 4) is 0 Å². The predicted octanol–water partition coefficient (Wildman–Crippen LogP) is 5.02. The zero-order valence-electron chi connectivity index (χ0n) is 18.1. The van der Waals surface area contributed by atoms with Gasteiger partial charge in [0.05, 0.1) is 16.8 Å². The highest BCUT2D eigenvalue weighted by molar-refractivity contribution is 6.24. The van der Waals surface area contributed by atoms with Crippen LogP contribution in [-0.2, 0) is 9.59 Å². The molecule has 1 saturated heterocycles. The first-order valence-corrected chi connectivity index (χ1v) is 11.2. The molecule has 3 aliphatic rings. The summed E-state index contributed by atoms with van der Waals surface area (Å²) in [4.78, 5) is 39.3. The summed E-state index contributed by atoms with van der Waals surface area (Å²) in [5, 5.41) is 11.6. The average Bonchev–Trinajstić information content (AvgIpc) is 3.50. The summed E-state index contributed by atoms with van der Waals surface area (Å²) in [5.74, 6) is -2.29. The smallest absolute Gasteiger partial charge is 0.274 e. The lowest BCUT2D eigenvalue weighted by Crippen LogP contribution is -2.33. The average molecular weight is 448 g/mol. The molecule has 2 bridgehead atoms. The van der Waals surface area contributed by atoms with Gasteiger partial charge in [0, 0.05) is 17.9 Å². The van der Waals surface area contributed by atoms with Crippen LogP contribution in [0.3, 0.4) is 0 Å². The number of carbonyl (C=O) groups is 2. The topological polar surface area (TPSA) is 80.5 Å². The number of benzene rings is 3. The Morgan fingerprint density at radius 1 is 0.706 bits per heavy atom. The Morgan fingerprint density at radius 2 is 1.18 bits per heavy atom. The number of carbonyl (C=O) groups excluding carboxylic acids is 2. The number of fused-ring (bicyclic) bond motifs is 5. The van der Waals surface area contributed by atoms with Gasteiger partial charge in [-0.05, 0) is 28.3 Å². The van der Waals surface area contributed by atoms with Gasteiger partial charge >= 0.3 is 0 Å². The van der Waals surface area contributed by atoms with Crippen LogP contribution in [-0.4, -0.2) is 16.7 Å². The van der Waals surface area contributed by atoms with Crippen molar-refractivity contribution in [1.29, 1.82) is 0 Å². The molecule has 0 radical (unpaired) electrons. The highest BCUT2D eigenvalue weighted by Gasteiger charge is 2.63. The maximum Gasteiger partial charge on any atom is 0.293 e. The number of nitrogens with zero attached hydrogens (tertiary/aromatic N) is 2. The summed E-state index contributed by atoms with van der Waals surface area (Å²) >= 11 is 0. The SMILES string of the molecule is O=C1[C@@H]2[C@H](C(=O)N1c1ccccc1[N+](=O)[O-])[C@H]1C=C[C@H]2C1=C(c1ccccc1)c1ccccc1. The van der Waals surface area contributed by atoms with Crippen LogP contribution in [0.25, 0.3) is 5.57 Å². The number of imide groups is 1. The molecule has 3 aromatic rings. The van der Waals surface area contributed by atoms with Crippen LogP contribution in [0.15, 0.2) is 103 Å². The van der Waals surface area contributed by atoms with Gasteiger partial charge < -0.3 is 0 Å². The molecule has 166 valence electrons. The zero-order chi connectivity index (χ0) is 23.4. The number of anilines is 1. The van der Waals surface area contributed by atoms with E-state index >= 15 is 0 Å². The first-order chi connectivity index (χ1) is 16.6. The fraction of sp³-hybridized carbons (Fsp3) is 0.143. The van der Waals surface area contributed by atoms with E-state index in [-0.39, 0.29) is 35.0 Å². The number of amides is 2. The van der Waals surface area contributed by atoms with E-state index in [1.807, 2.05) is 72.8 Å². The van der Waals surface area contributed by atoms with Crippen molar-refractivity contribution >= 4 is 28.8 Å². The minimum absolute atomic E-state index is 0.0492. The largest absolute Gasteiger partial charge is 0.293 e. The van der Waals surface area contributed by atoms with Crippen molar-refractivity contribution in [3.05, 3.63) is 124 Å². The molecule has 6 rings (SSSR count). The van der Waals surface area contributed by atoms with Crippen LogP contribution in [0.5, 0.6) is 0 Å². The Morgan fingerprint density at radius 3 is 1.68 bits per heavy atom. The zero-order valence-corrected chi connectivity index (χ0v) is 18.1. The maximum absolute atomic E-state index is 13.6. The Hall–Kier alpha value is -4.32. The van der Waals surface area contributed by atoms with E-state index in [0.717, 1.165) is 27.2 Å².